The molecule has 28 heavy (non-hydrogen) atoms. The number of aliphatic hydroxyl groups excluding tert-OH is 1. The third-order valence-electron chi connectivity index (χ3n) is 5.19. The number of rotatable bonds is 7. The van der Waals surface area contributed by atoms with E-state index in [2.05, 4.69) is 4.98 Å². The fraction of sp³-hybridized carbons (Fsp3) is 0.381. The number of carbonyl (C=O) groups excluding carboxylic acids is 2. The van der Waals surface area contributed by atoms with Crippen LogP contribution in [0.2, 0.25) is 0 Å². The van der Waals surface area contributed by atoms with E-state index in [4.69, 9.17) is 4.74 Å². The lowest BCUT2D eigenvalue weighted by Crippen LogP contribution is -2.69. The van der Waals surface area contributed by atoms with Gasteiger partial charge in [0.1, 0.15) is 6.61 Å². The number of carbonyl (C=O) groups is 2. The molecule has 0 aliphatic carbocycles. The van der Waals surface area contributed by atoms with E-state index in [0.717, 1.165) is 5.56 Å². The summed E-state index contributed by atoms with van der Waals surface area (Å²) in [5.74, 6) is -0.413. The molecule has 2 heterocycles. The molecule has 1 aromatic heterocycles. The Hall–Kier alpha value is -2.77. The number of likely N-dealkylation sites (N-methyl/N-ethyl adjacent to an activating group) is 1. The van der Waals surface area contributed by atoms with Crippen molar-refractivity contribution < 1.29 is 19.4 Å². The molecule has 148 valence electrons. The Morgan fingerprint density at radius 3 is 2.54 bits per heavy atom. The second kappa shape index (κ2) is 8.95. The molecule has 1 aromatic carbocycles. The third-order valence-corrected chi connectivity index (χ3v) is 5.19. The van der Waals surface area contributed by atoms with Crippen LogP contribution in [0.1, 0.15) is 21.8 Å². The molecule has 7 heteroatoms. The van der Waals surface area contributed by atoms with Crippen molar-refractivity contribution in [2.45, 2.75) is 18.0 Å². The number of likely N-dealkylation sites (tertiary alicyclic amines) is 1. The van der Waals surface area contributed by atoms with Crippen LogP contribution in [0, 0.1) is 0 Å². The minimum absolute atomic E-state index is 0.0591. The Morgan fingerprint density at radius 1 is 1.18 bits per heavy atom. The second-order valence-electron chi connectivity index (χ2n) is 6.92. The van der Waals surface area contributed by atoms with Crippen molar-refractivity contribution in [2.75, 3.05) is 33.9 Å². The van der Waals surface area contributed by atoms with Crippen LogP contribution in [-0.2, 0) is 9.53 Å². The van der Waals surface area contributed by atoms with Crippen molar-refractivity contribution in [2.24, 2.45) is 0 Å². The zero-order valence-electron chi connectivity index (χ0n) is 16.1. The van der Waals surface area contributed by atoms with Gasteiger partial charge in [0, 0.05) is 39.0 Å². The van der Waals surface area contributed by atoms with Crippen LogP contribution in [0.3, 0.4) is 0 Å². The van der Waals surface area contributed by atoms with E-state index in [-0.39, 0.29) is 43.0 Å². The Bertz CT molecular complexity index is 800. The van der Waals surface area contributed by atoms with Crippen LogP contribution in [0.15, 0.2) is 54.9 Å². The van der Waals surface area contributed by atoms with Crippen LogP contribution < -0.4 is 0 Å². The Balaban J connectivity index is 1.84. The first-order chi connectivity index (χ1) is 13.6. The predicted octanol–water partition coefficient (Wildman–Crippen LogP) is 1.16. The van der Waals surface area contributed by atoms with Crippen molar-refractivity contribution in [3.8, 4) is 0 Å². The maximum absolute atomic E-state index is 12.7. The van der Waals surface area contributed by atoms with Gasteiger partial charge in [0.15, 0.2) is 0 Å². The summed E-state index contributed by atoms with van der Waals surface area (Å²) in [5, 5.41) is 9.92. The first-order valence-corrected chi connectivity index (χ1v) is 9.19. The van der Waals surface area contributed by atoms with Crippen molar-refractivity contribution in [1.82, 2.24) is 14.8 Å². The van der Waals surface area contributed by atoms with Gasteiger partial charge >= 0.3 is 0 Å². The molecular weight excluding hydrogens is 358 g/mol. The molecule has 0 spiro atoms. The van der Waals surface area contributed by atoms with Gasteiger partial charge in [-0.05, 0) is 17.7 Å². The fourth-order valence-corrected chi connectivity index (χ4v) is 3.91. The molecule has 0 unspecified atom stereocenters. The van der Waals surface area contributed by atoms with Gasteiger partial charge in [-0.3, -0.25) is 14.6 Å². The molecule has 3 rings (SSSR count). The molecule has 3 atom stereocenters. The van der Waals surface area contributed by atoms with Gasteiger partial charge in [-0.25, -0.2) is 0 Å². The van der Waals surface area contributed by atoms with Gasteiger partial charge in [0.2, 0.25) is 5.91 Å². The van der Waals surface area contributed by atoms with Crippen molar-refractivity contribution in [3.05, 3.63) is 66.0 Å². The van der Waals surface area contributed by atoms with Crippen LogP contribution in [0.25, 0.3) is 0 Å². The molecule has 1 aliphatic heterocycles. The molecule has 2 amide bonds. The van der Waals surface area contributed by atoms with Crippen LogP contribution in [0.5, 0.6) is 0 Å². The van der Waals surface area contributed by atoms with E-state index in [1.54, 1.807) is 35.2 Å². The quantitative estimate of drug-likeness (QED) is 0.776. The molecule has 0 saturated carbocycles. The van der Waals surface area contributed by atoms with Gasteiger partial charge in [0.25, 0.3) is 5.91 Å². The van der Waals surface area contributed by atoms with E-state index >= 15 is 0 Å². The van der Waals surface area contributed by atoms with Crippen LogP contribution >= 0.6 is 0 Å². The summed E-state index contributed by atoms with van der Waals surface area (Å²) in [4.78, 5) is 32.5. The molecule has 0 bridgehead atoms. The van der Waals surface area contributed by atoms with E-state index < -0.39 is 0 Å². The maximum Gasteiger partial charge on any atom is 0.255 e. The molecule has 7 nitrogen and oxygen atoms in total. The number of pyridine rings is 1. The number of ether oxygens (including phenoxy) is 1. The topological polar surface area (TPSA) is 83.0 Å². The maximum atomic E-state index is 12.7. The minimum atomic E-state index is -0.336. The largest absolute Gasteiger partial charge is 0.394 e. The lowest BCUT2D eigenvalue weighted by atomic mass is 9.74. The second-order valence-corrected chi connectivity index (χ2v) is 6.92. The SMILES string of the molecule is COCC(=O)N1[C@H](CO)[C@@H](c2ccccc2)[C@H]1CN(C)C(=O)c1cccnc1. The number of methoxy groups -OCH3 is 1. The van der Waals surface area contributed by atoms with Gasteiger partial charge < -0.3 is 19.6 Å². The highest BCUT2D eigenvalue weighted by molar-refractivity contribution is 5.93. The normalized spacial score (nSPS) is 21.1. The van der Waals surface area contributed by atoms with Gasteiger partial charge in [0.05, 0.1) is 24.3 Å². The molecule has 1 fully saturated rings. The van der Waals surface area contributed by atoms with Crippen molar-refractivity contribution in [1.29, 1.82) is 0 Å². The van der Waals surface area contributed by atoms with Crippen molar-refractivity contribution >= 4 is 11.8 Å². The molecule has 1 aliphatic rings. The lowest BCUT2D eigenvalue weighted by molar-refractivity contribution is -0.155. The molecule has 1 saturated heterocycles. The average Bonchev–Trinajstić information content (AvgIpc) is 2.71. The van der Waals surface area contributed by atoms with E-state index in [1.165, 1.54) is 13.3 Å². The lowest BCUT2D eigenvalue weighted by Gasteiger charge is -2.55. The number of aliphatic hydroxyl groups is 1. The highest BCUT2D eigenvalue weighted by Gasteiger charge is 2.51. The minimum Gasteiger partial charge on any atom is -0.394 e. The molecule has 0 radical (unpaired) electrons. The Kier molecular flexibility index (Phi) is 6.38. The van der Waals surface area contributed by atoms with Gasteiger partial charge in [-0.1, -0.05) is 30.3 Å². The Labute approximate surface area is 164 Å². The molecule has 1 N–H and O–H groups in total. The predicted molar refractivity (Wildman–Crippen MR) is 104 cm³/mol. The van der Waals surface area contributed by atoms with Crippen molar-refractivity contribution in [3.63, 3.8) is 0 Å². The fourth-order valence-electron chi connectivity index (χ4n) is 3.91. The summed E-state index contributed by atoms with van der Waals surface area (Å²) >= 11 is 0. The number of nitrogens with zero attached hydrogens (tertiary/aromatic N) is 3. The number of hydrogen-bond acceptors (Lipinski definition) is 5. The number of aromatic nitrogens is 1. The smallest absolute Gasteiger partial charge is 0.255 e. The monoisotopic (exact) mass is 383 g/mol. The summed E-state index contributed by atoms with van der Waals surface area (Å²) < 4.78 is 5.00. The third kappa shape index (κ3) is 3.90. The summed E-state index contributed by atoms with van der Waals surface area (Å²) in [6.07, 6.45) is 3.14. The molecule has 2 aromatic rings. The van der Waals surface area contributed by atoms with E-state index in [9.17, 15) is 14.7 Å². The summed E-state index contributed by atoms with van der Waals surface area (Å²) in [6, 6.07) is 12.6. The van der Waals surface area contributed by atoms with Crippen LogP contribution in [-0.4, -0.2) is 77.7 Å². The zero-order valence-corrected chi connectivity index (χ0v) is 16.1. The summed E-state index contributed by atoms with van der Waals surface area (Å²) in [6.45, 7) is 0.139. The molecular formula is C21H25N3O4. The van der Waals surface area contributed by atoms with Crippen LogP contribution in [0.4, 0.5) is 0 Å². The highest BCUT2D eigenvalue weighted by Crippen LogP contribution is 2.41. The summed E-state index contributed by atoms with van der Waals surface area (Å²) in [7, 11) is 3.18. The Morgan fingerprint density at radius 2 is 1.93 bits per heavy atom. The standard InChI is InChI=1S/C21H25N3O4/c1-23(21(27)16-9-6-10-22-11-16)12-17-20(15-7-4-3-5-8-15)18(13-25)24(17)19(26)14-28-2/h3-11,17-18,20,25H,12-14H2,1-2H3/t17-,18-,20+/m1/s1. The number of amides is 2. The van der Waals surface area contributed by atoms with Gasteiger partial charge in [-0.15, -0.1) is 0 Å². The zero-order chi connectivity index (χ0) is 20.1. The summed E-state index contributed by atoms with van der Waals surface area (Å²) in [5.41, 5.74) is 1.53. The van der Waals surface area contributed by atoms with E-state index in [0.29, 0.717) is 12.1 Å². The van der Waals surface area contributed by atoms with E-state index in [1.807, 2.05) is 30.3 Å². The first-order valence-electron chi connectivity index (χ1n) is 9.19. The van der Waals surface area contributed by atoms with Gasteiger partial charge in [-0.2, -0.15) is 0 Å². The first kappa shape index (κ1) is 20.0. The number of hydrogen-bond donors (Lipinski definition) is 1. The average molecular weight is 383 g/mol. The highest BCUT2D eigenvalue weighted by atomic mass is 16.5. The number of benzene rings is 1.